The van der Waals surface area contributed by atoms with Gasteiger partial charge < -0.3 is 16.2 Å². The largest absolute Gasteiger partial charge is 0.391 e. The van der Waals surface area contributed by atoms with Crippen molar-refractivity contribution in [1.82, 2.24) is 5.32 Å². The summed E-state index contributed by atoms with van der Waals surface area (Å²) in [5.74, 6) is 0.0585. The maximum atomic E-state index is 11.9. The molecule has 1 saturated carbocycles. The Morgan fingerprint density at radius 3 is 2.71 bits per heavy atom. The Hall–Kier alpha value is -0.610. The molecular formula is C13H26N2O2. The summed E-state index contributed by atoms with van der Waals surface area (Å²) in [6, 6.07) is -0.574. The zero-order valence-corrected chi connectivity index (χ0v) is 11.0. The molecule has 1 amide bonds. The van der Waals surface area contributed by atoms with Crippen LogP contribution in [0.5, 0.6) is 0 Å². The fourth-order valence-electron chi connectivity index (χ4n) is 2.25. The van der Waals surface area contributed by atoms with Crippen molar-refractivity contribution in [2.75, 3.05) is 0 Å². The molecule has 17 heavy (non-hydrogen) atoms. The van der Waals surface area contributed by atoms with Gasteiger partial charge >= 0.3 is 0 Å². The molecular weight excluding hydrogens is 216 g/mol. The SMILES string of the molecule is CCC(C)C(N)C(=O)NC1CCCCCC1O. The summed E-state index contributed by atoms with van der Waals surface area (Å²) in [5, 5.41) is 12.8. The second-order valence-corrected chi connectivity index (χ2v) is 5.23. The second kappa shape index (κ2) is 6.97. The van der Waals surface area contributed by atoms with Crippen LogP contribution < -0.4 is 11.1 Å². The van der Waals surface area contributed by atoms with Gasteiger partial charge in [0.05, 0.1) is 18.2 Å². The van der Waals surface area contributed by atoms with Crippen LogP contribution in [0.15, 0.2) is 0 Å². The minimum Gasteiger partial charge on any atom is -0.391 e. The number of rotatable bonds is 4. The Kier molecular flexibility index (Phi) is 5.92. The molecule has 0 spiro atoms. The van der Waals surface area contributed by atoms with E-state index in [1.807, 2.05) is 13.8 Å². The molecule has 1 rings (SSSR count). The summed E-state index contributed by atoms with van der Waals surface area (Å²) in [7, 11) is 0. The van der Waals surface area contributed by atoms with E-state index in [1.165, 1.54) is 0 Å². The van der Waals surface area contributed by atoms with E-state index in [-0.39, 0.29) is 17.9 Å². The fraction of sp³-hybridized carbons (Fsp3) is 0.923. The molecule has 0 aromatic carbocycles. The van der Waals surface area contributed by atoms with Gasteiger partial charge in [-0.25, -0.2) is 0 Å². The lowest BCUT2D eigenvalue weighted by molar-refractivity contribution is -0.125. The highest BCUT2D eigenvalue weighted by Crippen LogP contribution is 2.18. The van der Waals surface area contributed by atoms with Gasteiger partial charge in [0.25, 0.3) is 0 Å². The van der Waals surface area contributed by atoms with E-state index in [2.05, 4.69) is 5.32 Å². The average molecular weight is 242 g/mol. The van der Waals surface area contributed by atoms with Crippen LogP contribution in [-0.2, 0) is 4.79 Å². The van der Waals surface area contributed by atoms with Crippen molar-refractivity contribution in [1.29, 1.82) is 0 Å². The topological polar surface area (TPSA) is 75.4 Å². The van der Waals surface area contributed by atoms with E-state index >= 15 is 0 Å². The maximum Gasteiger partial charge on any atom is 0.237 e. The van der Waals surface area contributed by atoms with E-state index in [1.54, 1.807) is 0 Å². The molecule has 0 heterocycles. The third-order valence-corrected chi connectivity index (χ3v) is 3.87. The molecule has 4 nitrogen and oxygen atoms in total. The first-order chi connectivity index (χ1) is 8.06. The molecule has 4 unspecified atom stereocenters. The summed E-state index contributed by atoms with van der Waals surface area (Å²) in [6.07, 6.45) is 5.38. The Labute approximate surface area is 104 Å². The van der Waals surface area contributed by atoms with E-state index in [4.69, 9.17) is 5.73 Å². The van der Waals surface area contributed by atoms with Crippen molar-refractivity contribution in [3.63, 3.8) is 0 Å². The number of aliphatic hydroxyl groups is 1. The summed E-state index contributed by atoms with van der Waals surface area (Å²) >= 11 is 0. The molecule has 0 aliphatic heterocycles. The van der Waals surface area contributed by atoms with E-state index in [0.29, 0.717) is 0 Å². The maximum absolute atomic E-state index is 11.9. The number of carbonyl (C=O) groups excluding carboxylic acids is 1. The number of nitrogens with two attached hydrogens (primary N) is 1. The molecule has 4 atom stereocenters. The predicted octanol–water partition coefficient (Wildman–Crippen LogP) is 1.17. The Balaban J connectivity index is 2.48. The number of nitrogens with one attached hydrogen (secondary N) is 1. The van der Waals surface area contributed by atoms with Crippen molar-refractivity contribution >= 4 is 5.91 Å². The number of amides is 1. The molecule has 100 valence electrons. The number of hydrogen-bond acceptors (Lipinski definition) is 3. The molecule has 0 aromatic rings. The van der Waals surface area contributed by atoms with Crippen molar-refractivity contribution in [3.8, 4) is 0 Å². The zero-order chi connectivity index (χ0) is 12.8. The molecule has 4 heteroatoms. The summed E-state index contributed by atoms with van der Waals surface area (Å²) < 4.78 is 0. The first-order valence-electron chi connectivity index (χ1n) is 6.80. The highest BCUT2D eigenvalue weighted by Gasteiger charge is 2.26. The van der Waals surface area contributed by atoms with Crippen molar-refractivity contribution in [2.45, 2.75) is 70.6 Å². The molecule has 1 fully saturated rings. The normalized spacial score (nSPS) is 29.2. The molecule has 1 aliphatic carbocycles. The van der Waals surface area contributed by atoms with Gasteiger partial charge in [-0.1, -0.05) is 39.5 Å². The van der Waals surface area contributed by atoms with Gasteiger partial charge in [0.1, 0.15) is 0 Å². The summed E-state index contributed by atoms with van der Waals surface area (Å²) in [4.78, 5) is 11.9. The molecule has 0 aromatic heterocycles. The van der Waals surface area contributed by atoms with Crippen LogP contribution in [0.25, 0.3) is 0 Å². The van der Waals surface area contributed by atoms with E-state index in [0.717, 1.165) is 38.5 Å². The lowest BCUT2D eigenvalue weighted by Crippen LogP contribution is -2.51. The fourth-order valence-corrected chi connectivity index (χ4v) is 2.25. The van der Waals surface area contributed by atoms with Crippen LogP contribution in [0.4, 0.5) is 0 Å². The number of aliphatic hydroxyl groups excluding tert-OH is 1. The quantitative estimate of drug-likeness (QED) is 0.648. The average Bonchev–Trinajstić information content (AvgIpc) is 2.53. The Morgan fingerprint density at radius 2 is 2.06 bits per heavy atom. The highest BCUT2D eigenvalue weighted by molar-refractivity contribution is 5.82. The minimum absolute atomic E-state index is 0.111. The van der Waals surface area contributed by atoms with E-state index in [9.17, 15) is 9.90 Å². The monoisotopic (exact) mass is 242 g/mol. The zero-order valence-electron chi connectivity index (χ0n) is 11.0. The smallest absolute Gasteiger partial charge is 0.237 e. The van der Waals surface area contributed by atoms with Crippen LogP contribution >= 0.6 is 0 Å². The van der Waals surface area contributed by atoms with Crippen molar-refractivity contribution in [3.05, 3.63) is 0 Å². The molecule has 0 bridgehead atoms. The van der Waals surface area contributed by atoms with Gasteiger partial charge in [0.2, 0.25) is 5.91 Å². The minimum atomic E-state index is -0.463. The number of carbonyl (C=O) groups is 1. The first kappa shape index (κ1) is 14.5. The van der Waals surface area contributed by atoms with Gasteiger partial charge in [-0.2, -0.15) is 0 Å². The van der Waals surface area contributed by atoms with Crippen molar-refractivity contribution < 1.29 is 9.90 Å². The summed E-state index contributed by atoms with van der Waals surface area (Å²) in [6.45, 7) is 4.01. The van der Waals surface area contributed by atoms with Crippen LogP contribution in [-0.4, -0.2) is 29.2 Å². The lowest BCUT2D eigenvalue weighted by atomic mass is 9.98. The van der Waals surface area contributed by atoms with Gasteiger partial charge in [-0.3, -0.25) is 4.79 Å². The third-order valence-electron chi connectivity index (χ3n) is 3.87. The second-order valence-electron chi connectivity index (χ2n) is 5.23. The van der Waals surface area contributed by atoms with Crippen LogP contribution in [0.3, 0.4) is 0 Å². The van der Waals surface area contributed by atoms with E-state index < -0.39 is 12.1 Å². The number of hydrogen-bond donors (Lipinski definition) is 3. The highest BCUT2D eigenvalue weighted by atomic mass is 16.3. The van der Waals surface area contributed by atoms with Crippen LogP contribution in [0, 0.1) is 5.92 Å². The van der Waals surface area contributed by atoms with Crippen LogP contribution in [0.1, 0.15) is 52.4 Å². The van der Waals surface area contributed by atoms with Crippen molar-refractivity contribution in [2.24, 2.45) is 11.7 Å². The van der Waals surface area contributed by atoms with Crippen LogP contribution in [0.2, 0.25) is 0 Å². The Bertz CT molecular complexity index is 246. The molecule has 4 N–H and O–H groups in total. The van der Waals surface area contributed by atoms with Gasteiger partial charge in [0, 0.05) is 0 Å². The standard InChI is InChI=1S/C13H26N2O2/c1-3-9(2)12(14)13(17)15-10-7-5-4-6-8-11(10)16/h9-12,16H,3-8,14H2,1-2H3,(H,15,17). The molecule has 0 saturated heterocycles. The Morgan fingerprint density at radius 1 is 1.41 bits per heavy atom. The lowest BCUT2D eigenvalue weighted by Gasteiger charge is -2.25. The van der Waals surface area contributed by atoms with Gasteiger partial charge in [0.15, 0.2) is 0 Å². The molecule has 0 radical (unpaired) electrons. The molecule has 1 aliphatic rings. The first-order valence-corrected chi connectivity index (χ1v) is 6.80. The van der Waals surface area contributed by atoms with Gasteiger partial charge in [-0.15, -0.1) is 0 Å². The third kappa shape index (κ3) is 4.28. The van der Waals surface area contributed by atoms with Gasteiger partial charge in [-0.05, 0) is 18.8 Å². The predicted molar refractivity (Wildman–Crippen MR) is 68.5 cm³/mol. The summed E-state index contributed by atoms with van der Waals surface area (Å²) in [5.41, 5.74) is 5.88.